The van der Waals surface area contributed by atoms with Gasteiger partial charge in [-0.25, -0.2) is 0 Å². The summed E-state index contributed by atoms with van der Waals surface area (Å²) in [6.07, 6.45) is 3.82. The van der Waals surface area contributed by atoms with E-state index in [4.69, 9.17) is 4.99 Å². The number of nitrogens with zero attached hydrogens (tertiary/aromatic N) is 2. The number of benzene rings is 1. The predicted molar refractivity (Wildman–Crippen MR) is 91.2 cm³/mol. The summed E-state index contributed by atoms with van der Waals surface area (Å²) in [4.78, 5) is 21.0. The van der Waals surface area contributed by atoms with Gasteiger partial charge in [0.25, 0.3) is 0 Å². The number of hydrogen-bond acceptors (Lipinski definition) is 3. The molecule has 0 atom stereocenters. The van der Waals surface area contributed by atoms with E-state index in [1.807, 2.05) is 19.1 Å². The van der Waals surface area contributed by atoms with E-state index in [2.05, 4.69) is 37.0 Å². The molecular formula is C19H22N2O. The van der Waals surface area contributed by atoms with Gasteiger partial charge in [0, 0.05) is 11.9 Å². The summed E-state index contributed by atoms with van der Waals surface area (Å²) in [5, 5.41) is 0. The van der Waals surface area contributed by atoms with Gasteiger partial charge >= 0.3 is 0 Å². The molecule has 0 saturated carbocycles. The van der Waals surface area contributed by atoms with Crippen molar-refractivity contribution in [1.82, 2.24) is 4.98 Å². The molecule has 0 amide bonds. The van der Waals surface area contributed by atoms with E-state index in [1.54, 1.807) is 12.3 Å². The second kappa shape index (κ2) is 7.64. The van der Waals surface area contributed by atoms with E-state index in [9.17, 15) is 4.79 Å². The maximum atomic E-state index is 12.2. The summed E-state index contributed by atoms with van der Waals surface area (Å²) in [5.74, 6) is 0.00822. The van der Waals surface area contributed by atoms with Crippen molar-refractivity contribution in [3.63, 3.8) is 0 Å². The number of hydrogen-bond donors (Lipinski definition) is 0. The Hall–Kier alpha value is -2.29. The zero-order chi connectivity index (χ0) is 15.9. The Morgan fingerprint density at radius 2 is 1.73 bits per heavy atom. The van der Waals surface area contributed by atoms with Crippen LogP contribution in [0, 0.1) is 0 Å². The van der Waals surface area contributed by atoms with Crippen molar-refractivity contribution in [1.29, 1.82) is 0 Å². The lowest BCUT2D eigenvalue weighted by molar-refractivity contribution is 0.0996. The Labute approximate surface area is 132 Å². The van der Waals surface area contributed by atoms with E-state index >= 15 is 0 Å². The van der Waals surface area contributed by atoms with Gasteiger partial charge in [0.1, 0.15) is 5.69 Å². The Balaban J connectivity index is 2.24. The molecule has 0 aliphatic carbocycles. The standard InChI is InChI=1S/C19H22N2O/c1-4-15-9-8-10-16(5-2)19(15)21-14(3)13-18(22)17-11-6-7-12-20-17/h6-12H,4-5,13H2,1-3H3. The maximum absolute atomic E-state index is 12.2. The van der Waals surface area contributed by atoms with Gasteiger partial charge in [0.15, 0.2) is 5.78 Å². The molecule has 0 fully saturated rings. The van der Waals surface area contributed by atoms with Gasteiger partial charge in [0.05, 0.1) is 12.1 Å². The fraction of sp³-hybridized carbons (Fsp3) is 0.316. The van der Waals surface area contributed by atoms with Gasteiger partial charge in [-0.2, -0.15) is 0 Å². The van der Waals surface area contributed by atoms with Gasteiger partial charge in [-0.1, -0.05) is 38.1 Å². The number of aliphatic imine (C=N–C) groups is 1. The molecule has 0 radical (unpaired) electrons. The minimum Gasteiger partial charge on any atom is -0.292 e. The number of carbonyl (C=O) groups excluding carboxylic acids is 1. The summed E-state index contributed by atoms with van der Waals surface area (Å²) in [5.41, 5.74) is 4.80. The first-order valence-corrected chi connectivity index (χ1v) is 7.74. The third-order valence-electron chi connectivity index (χ3n) is 3.63. The number of pyridine rings is 1. The Morgan fingerprint density at radius 3 is 2.27 bits per heavy atom. The minimum absolute atomic E-state index is 0.00822. The first-order valence-electron chi connectivity index (χ1n) is 7.74. The Kier molecular flexibility index (Phi) is 5.59. The molecule has 3 heteroatoms. The van der Waals surface area contributed by atoms with E-state index in [0.717, 1.165) is 24.2 Å². The normalized spacial score (nSPS) is 11.5. The number of aryl methyl sites for hydroxylation is 2. The first kappa shape index (κ1) is 16.1. The number of aromatic nitrogens is 1. The lowest BCUT2D eigenvalue weighted by Crippen LogP contribution is -2.07. The maximum Gasteiger partial charge on any atom is 0.186 e. The lowest BCUT2D eigenvalue weighted by Gasteiger charge is -2.10. The van der Waals surface area contributed by atoms with Crippen molar-refractivity contribution in [3.05, 3.63) is 59.4 Å². The topological polar surface area (TPSA) is 42.3 Å². The highest BCUT2D eigenvalue weighted by molar-refractivity contribution is 6.08. The molecule has 0 bridgehead atoms. The highest BCUT2D eigenvalue weighted by atomic mass is 16.1. The summed E-state index contributed by atoms with van der Waals surface area (Å²) >= 11 is 0. The van der Waals surface area contributed by atoms with Crippen LogP contribution in [0.1, 0.15) is 48.8 Å². The third-order valence-corrected chi connectivity index (χ3v) is 3.63. The van der Waals surface area contributed by atoms with Gasteiger partial charge in [-0.3, -0.25) is 14.8 Å². The molecule has 1 heterocycles. The third kappa shape index (κ3) is 3.88. The lowest BCUT2D eigenvalue weighted by atomic mass is 10.0. The average molecular weight is 294 g/mol. The Morgan fingerprint density at radius 1 is 1.05 bits per heavy atom. The SMILES string of the molecule is CCc1cccc(CC)c1N=C(C)CC(=O)c1ccccn1. The van der Waals surface area contributed by atoms with Gasteiger partial charge < -0.3 is 0 Å². The molecule has 1 aromatic heterocycles. The molecule has 1 aromatic carbocycles. The minimum atomic E-state index is 0.00822. The van der Waals surface area contributed by atoms with Crippen molar-refractivity contribution in [3.8, 4) is 0 Å². The van der Waals surface area contributed by atoms with E-state index in [1.165, 1.54) is 11.1 Å². The molecule has 2 rings (SSSR count). The molecule has 0 saturated heterocycles. The van der Waals surface area contributed by atoms with Crippen molar-refractivity contribution < 1.29 is 4.79 Å². The largest absolute Gasteiger partial charge is 0.292 e. The van der Waals surface area contributed by atoms with Gasteiger partial charge in [0.2, 0.25) is 0 Å². The summed E-state index contributed by atoms with van der Waals surface area (Å²) in [6, 6.07) is 11.7. The van der Waals surface area contributed by atoms with E-state index < -0.39 is 0 Å². The molecule has 3 nitrogen and oxygen atoms in total. The number of para-hydroxylation sites is 1. The average Bonchev–Trinajstić information content (AvgIpc) is 2.55. The first-order chi connectivity index (χ1) is 10.7. The van der Waals surface area contributed by atoms with Crippen molar-refractivity contribution in [2.75, 3.05) is 0 Å². The summed E-state index contributed by atoms with van der Waals surface area (Å²) in [6.45, 7) is 6.16. The van der Waals surface area contributed by atoms with Crippen LogP contribution in [-0.4, -0.2) is 16.5 Å². The van der Waals surface area contributed by atoms with Gasteiger partial charge in [-0.05, 0) is 43.0 Å². The second-order valence-corrected chi connectivity index (χ2v) is 5.29. The molecule has 114 valence electrons. The van der Waals surface area contributed by atoms with Crippen LogP contribution in [0.3, 0.4) is 0 Å². The fourth-order valence-corrected chi connectivity index (χ4v) is 2.44. The predicted octanol–water partition coefficient (Wildman–Crippen LogP) is 4.57. The van der Waals surface area contributed by atoms with Crippen molar-refractivity contribution >= 4 is 17.2 Å². The highest BCUT2D eigenvalue weighted by Gasteiger charge is 2.10. The summed E-state index contributed by atoms with van der Waals surface area (Å²) in [7, 11) is 0. The van der Waals surface area contributed by atoms with Crippen LogP contribution in [0.25, 0.3) is 0 Å². The van der Waals surface area contributed by atoms with Crippen LogP contribution >= 0.6 is 0 Å². The van der Waals surface area contributed by atoms with Crippen LogP contribution in [0.2, 0.25) is 0 Å². The molecule has 0 aliphatic rings. The van der Waals surface area contributed by atoms with Crippen LogP contribution in [-0.2, 0) is 12.8 Å². The van der Waals surface area contributed by atoms with Gasteiger partial charge in [-0.15, -0.1) is 0 Å². The number of Topliss-reactive ketones (excluding diaryl/α,β-unsaturated/α-hetero) is 1. The smallest absolute Gasteiger partial charge is 0.186 e. The molecule has 0 spiro atoms. The zero-order valence-electron chi connectivity index (χ0n) is 13.5. The summed E-state index contributed by atoms with van der Waals surface area (Å²) < 4.78 is 0. The van der Waals surface area contributed by atoms with Crippen molar-refractivity contribution in [2.24, 2.45) is 4.99 Å². The van der Waals surface area contributed by atoms with Crippen LogP contribution in [0.5, 0.6) is 0 Å². The molecule has 0 N–H and O–H groups in total. The highest BCUT2D eigenvalue weighted by Crippen LogP contribution is 2.26. The number of carbonyl (C=O) groups is 1. The van der Waals surface area contributed by atoms with Crippen molar-refractivity contribution in [2.45, 2.75) is 40.0 Å². The number of ketones is 1. The van der Waals surface area contributed by atoms with E-state index in [-0.39, 0.29) is 5.78 Å². The number of rotatable bonds is 6. The quantitative estimate of drug-likeness (QED) is 0.578. The monoisotopic (exact) mass is 294 g/mol. The van der Waals surface area contributed by atoms with Crippen LogP contribution in [0.15, 0.2) is 47.6 Å². The Bertz CT molecular complexity index is 653. The second-order valence-electron chi connectivity index (χ2n) is 5.29. The fourth-order valence-electron chi connectivity index (χ4n) is 2.44. The molecule has 0 aliphatic heterocycles. The van der Waals surface area contributed by atoms with Crippen LogP contribution < -0.4 is 0 Å². The zero-order valence-corrected chi connectivity index (χ0v) is 13.5. The molecular weight excluding hydrogens is 272 g/mol. The molecule has 0 unspecified atom stereocenters. The molecule has 22 heavy (non-hydrogen) atoms. The van der Waals surface area contributed by atoms with Crippen LogP contribution in [0.4, 0.5) is 5.69 Å². The van der Waals surface area contributed by atoms with E-state index in [0.29, 0.717) is 12.1 Å². The molecule has 2 aromatic rings.